The molecular formula is C19H16F4N2O5S. The van der Waals surface area contributed by atoms with Gasteiger partial charge in [-0.2, -0.15) is 22.7 Å². The molecule has 1 saturated heterocycles. The van der Waals surface area contributed by atoms with Crippen LogP contribution in [0, 0.1) is 17.1 Å². The minimum absolute atomic E-state index is 0.0800. The van der Waals surface area contributed by atoms with Crippen LogP contribution in [0.15, 0.2) is 47.4 Å². The average Bonchev–Trinajstić information content (AvgIpc) is 3.05. The van der Waals surface area contributed by atoms with Crippen LogP contribution in [0.1, 0.15) is 11.1 Å². The fraction of sp³-hybridized carbons (Fsp3) is 0.316. The molecule has 7 nitrogen and oxygen atoms in total. The molecule has 1 aliphatic rings. The molecule has 2 atom stereocenters. The van der Waals surface area contributed by atoms with Crippen LogP contribution in [0.5, 0.6) is 5.75 Å². The van der Waals surface area contributed by atoms with Crippen molar-refractivity contribution in [2.45, 2.75) is 22.8 Å². The molecule has 0 bridgehead atoms. The second-order valence-electron chi connectivity index (χ2n) is 6.94. The topological polar surface area (TPSA) is 111 Å². The van der Waals surface area contributed by atoms with Gasteiger partial charge in [0, 0.05) is 6.54 Å². The van der Waals surface area contributed by atoms with Crippen molar-refractivity contribution in [3.05, 3.63) is 59.4 Å². The third-order valence-corrected chi connectivity index (χ3v) is 6.70. The van der Waals surface area contributed by atoms with Gasteiger partial charge >= 0.3 is 6.18 Å². The number of sulfonamides is 1. The predicted octanol–water partition coefficient (Wildman–Crippen LogP) is 1.89. The van der Waals surface area contributed by atoms with Gasteiger partial charge in [-0.15, -0.1) is 0 Å². The smallest absolute Gasteiger partial charge is 0.416 e. The molecule has 0 spiro atoms. The molecule has 0 radical (unpaired) electrons. The highest BCUT2D eigenvalue weighted by molar-refractivity contribution is 7.89. The highest BCUT2D eigenvalue weighted by atomic mass is 32.2. The van der Waals surface area contributed by atoms with Crippen LogP contribution in [0.2, 0.25) is 0 Å². The molecule has 3 rings (SSSR count). The molecule has 1 aliphatic heterocycles. The molecule has 0 aromatic heterocycles. The van der Waals surface area contributed by atoms with Gasteiger partial charge in [0.25, 0.3) is 0 Å². The summed E-state index contributed by atoms with van der Waals surface area (Å²) in [5.74, 6) is -0.893. The molecular weight excluding hydrogens is 444 g/mol. The largest absolute Gasteiger partial charge is 0.486 e. The first kappa shape index (κ1) is 23.0. The number of benzene rings is 2. The zero-order valence-corrected chi connectivity index (χ0v) is 16.5. The molecule has 31 heavy (non-hydrogen) atoms. The lowest BCUT2D eigenvalue weighted by Gasteiger charge is -2.27. The molecule has 2 N–H and O–H groups in total. The van der Waals surface area contributed by atoms with Crippen LogP contribution >= 0.6 is 0 Å². The first-order valence-electron chi connectivity index (χ1n) is 8.78. The van der Waals surface area contributed by atoms with E-state index in [4.69, 9.17) is 10.00 Å². The molecule has 0 unspecified atom stereocenters. The number of hydrogen-bond donors (Lipinski definition) is 2. The van der Waals surface area contributed by atoms with Gasteiger partial charge in [0.2, 0.25) is 10.0 Å². The van der Waals surface area contributed by atoms with E-state index >= 15 is 0 Å². The van der Waals surface area contributed by atoms with E-state index in [1.807, 2.05) is 0 Å². The normalized spacial score (nSPS) is 22.3. The molecule has 12 heteroatoms. The summed E-state index contributed by atoms with van der Waals surface area (Å²) in [6, 6.07) is 7.63. The molecule has 1 fully saturated rings. The summed E-state index contributed by atoms with van der Waals surface area (Å²) in [4.78, 5) is -0.494. The molecule has 166 valence electrons. The Kier molecular flexibility index (Phi) is 5.98. The summed E-state index contributed by atoms with van der Waals surface area (Å²) in [5, 5.41) is 29.4. The van der Waals surface area contributed by atoms with E-state index in [1.165, 1.54) is 0 Å². The van der Waals surface area contributed by atoms with Crippen LogP contribution in [0.25, 0.3) is 0 Å². The molecule has 2 aromatic rings. The number of halogens is 4. The van der Waals surface area contributed by atoms with Gasteiger partial charge in [0.1, 0.15) is 34.2 Å². The fourth-order valence-corrected chi connectivity index (χ4v) is 4.77. The Morgan fingerprint density at radius 1 is 1.23 bits per heavy atom. The number of nitriles is 1. The molecule has 2 aromatic carbocycles. The summed E-state index contributed by atoms with van der Waals surface area (Å²) in [6.45, 7) is -1.99. The summed E-state index contributed by atoms with van der Waals surface area (Å²) in [7, 11) is -4.39. The fourth-order valence-electron chi connectivity index (χ4n) is 3.15. The van der Waals surface area contributed by atoms with Gasteiger partial charge in [-0.05, 0) is 42.5 Å². The first-order chi connectivity index (χ1) is 14.4. The van der Waals surface area contributed by atoms with Crippen molar-refractivity contribution < 1.29 is 40.9 Å². The first-order valence-corrected chi connectivity index (χ1v) is 10.2. The van der Waals surface area contributed by atoms with E-state index < -0.39 is 69.4 Å². The Labute approximate surface area is 174 Å². The van der Waals surface area contributed by atoms with Gasteiger partial charge in [-0.1, -0.05) is 0 Å². The summed E-state index contributed by atoms with van der Waals surface area (Å²) >= 11 is 0. The maximum atomic E-state index is 13.4. The number of nitrogens with zero attached hydrogens (tertiary/aromatic N) is 2. The van der Waals surface area contributed by atoms with Crippen molar-refractivity contribution >= 4 is 10.0 Å². The number of ether oxygens (including phenoxy) is 1. The van der Waals surface area contributed by atoms with Crippen molar-refractivity contribution in [2.75, 3.05) is 19.7 Å². The molecule has 1 heterocycles. The van der Waals surface area contributed by atoms with E-state index in [-0.39, 0.29) is 5.75 Å². The predicted molar refractivity (Wildman–Crippen MR) is 97.8 cm³/mol. The van der Waals surface area contributed by atoms with Crippen LogP contribution < -0.4 is 4.74 Å². The number of hydrogen-bond acceptors (Lipinski definition) is 6. The van der Waals surface area contributed by atoms with E-state index in [2.05, 4.69) is 0 Å². The van der Waals surface area contributed by atoms with Gasteiger partial charge < -0.3 is 14.9 Å². The molecule has 0 saturated carbocycles. The number of aliphatic hydroxyl groups is 2. The highest BCUT2D eigenvalue weighted by Gasteiger charge is 2.51. The highest BCUT2D eigenvalue weighted by Crippen LogP contribution is 2.34. The van der Waals surface area contributed by atoms with E-state index in [9.17, 15) is 36.2 Å². The quantitative estimate of drug-likeness (QED) is 0.660. The van der Waals surface area contributed by atoms with E-state index in [1.54, 1.807) is 6.07 Å². The van der Waals surface area contributed by atoms with Gasteiger partial charge in [0.05, 0.1) is 24.3 Å². The summed E-state index contributed by atoms with van der Waals surface area (Å²) in [6.07, 6.45) is -5.88. The van der Waals surface area contributed by atoms with E-state index in [0.717, 1.165) is 46.8 Å². The number of rotatable bonds is 5. The van der Waals surface area contributed by atoms with Gasteiger partial charge in [0.15, 0.2) is 0 Å². The van der Waals surface area contributed by atoms with Crippen LogP contribution in [-0.2, 0) is 16.2 Å². The number of aliphatic hydroxyl groups excluding tert-OH is 1. The Hall–Kier alpha value is -2.72. The Morgan fingerprint density at radius 2 is 1.87 bits per heavy atom. The Bertz CT molecular complexity index is 1120. The SMILES string of the molecule is N#Cc1cc(F)ccc1S(=O)(=O)N1C[C@H](Oc2ccc(C(F)(F)F)cc2)[C@@](O)(CO)C1. The minimum Gasteiger partial charge on any atom is -0.486 e. The Balaban J connectivity index is 1.88. The zero-order chi connectivity index (χ0) is 23.0. The minimum atomic E-state index is -4.56. The second-order valence-corrected chi connectivity index (χ2v) is 8.85. The monoisotopic (exact) mass is 460 g/mol. The van der Waals surface area contributed by atoms with Crippen molar-refractivity contribution in [3.8, 4) is 11.8 Å². The maximum absolute atomic E-state index is 13.4. The van der Waals surface area contributed by atoms with Crippen LogP contribution in [-0.4, -0.2) is 54.3 Å². The van der Waals surface area contributed by atoms with Crippen molar-refractivity contribution in [2.24, 2.45) is 0 Å². The van der Waals surface area contributed by atoms with Gasteiger partial charge in [-0.25, -0.2) is 12.8 Å². The lowest BCUT2D eigenvalue weighted by atomic mass is 10.0. The zero-order valence-electron chi connectivity index (χ0n) is 15.7. The average molecular weight is 460 g/mol. The van der Waals surface area contributed by atoms with E-state index in [0.29, 0.717) is 0 Å². The molecule has 0 amide bonds. The lowest BCUT2D eigenvalue weighted by Crippen LogP contribution is -2.48. The number of β-amino-alcohol motifs (C(OH)–C–C–N with tert-alkyl or cyclic N) is 1. The third kappa shape index (κ3) is 4.49. The Morgan fingerprint density at radius 3 is 2.42 bits per heavy atom. The number of alkyl halides is 3. The third-order valence-electron chi connectivity index (χ3n) is 4.83. The maximum Gasteiger partial charge on any atom is 0.416 e. The summed E-state index contributed by atoms with van der Waals surface area (Å²) in [5.41, 5.74) is -3.43. The van der Waals surface area contributed by atoms with Crippen molar-refractivity contribution in [1.29, 1.82) is 5.26 Å². The van der Waals surface area contributed by atoms with Crippen molar-refractivity contribution in [3.63, 3.8) is 0 Å². The lowest BCUT2D eigenvalue weighted by molar-refractivity contribution is -0.137. The van der Waals surface area contributed by atoms with Crippen LogP contribution in [0.4, 0.5) is 17.6 Å². The second kappa shape index (κ2) is 8.08. The standard InChI is InChI=1S/C19H16F4N2O5S/c20-14-3-6-16(12(7-14)8-24)31(28,29)25-9-17(18(27,10-25)11-26)30-15-4-1-13(2-5-15)19(21,22)23/h1-7,17,26-27H,9-11H2/t17-,18-/m0/s1. The van der Waals surface area contributed by atoms with Crippen LogP contribution in [0.3, 0.4) is 0 Å². The summed E-state index contributed by atoms with van der Waals surface area (Å²) < 4.78 is 83.6. The molecule has 0 aliphatic carbocycles. The van der Waals surface area contributed by atoms with Gasteiger partial charge in [-0.3, -0.25) is 0 Å². The van der Waals surface area contributed by atoms with Crippen molar-refractivity contribution in [1.82, 2.24) is 4.31 Å².